The molecule has 1 aromatic carbocycles. The SMILES string of the molecule is CCCCNC(=O)CN1CCN(C(=O)COc2ccc(F)cc2Cl)CC1. The molecule has 1 aliphatic rings. The Balaban J connectivity index is 1.70. The summed E-state index contributed by atoms with van der Waals surface area (Å²) in [6.45, 7) is 5.36. The molecule has 1 N–H and O–H groups in total. The molecule has 0 aromatic heterocycles. The number of unbranched alkanes of at least 4 members (excludes halogenated alkanes) is 1. The van der Waals surface area contributed by atoms with E-state index in [0.717, 1.165) is 18.9 Å². The second kappa shape index (κ2) is 10.3. The van der Waals surface area contributed by atoms with E-state index < -0.39 is 5.82 Å². The van der Waals surface area contributed by atoms with Crippen molar-refractivity contribution in [3.05, 3.63) is 29.0 Å². The molecule has 0 bridgehead atoms. The van der Waals surface area contributed by atoms with E-state index in [1.54, 1.807) is 4.90 Å². The number of benzene rings is 1. The van der Waals surface area contributed by atoms with Crippen LogP contribution in [0.1, 0.15) is 19.8 Å². The van der Waals surface area contributed by atoms with Crippen molar-refractivity contribution in [2.75, 3.05) is 45.9 Å². The van der Waals surface area contributed by atoms with E-state index >= 15 is 0 Å². The summed E-state index contributed by atoms with van der Waals surface area (Å²) >= 11 is 5.88. The summed E-state index contributed by atoms with van der Waals surface area (Å²) in [6.07, 6.45) is 2.03. The highest BCUT2D eigenvalue weighted by Crippen LogP contribution is 2.24. The number of nitrogens with one attached hydrogen (secondary N) is 1. The second-order valence-electron chi connectivity index (χ2n) is 6.22. The van der Waals surface area contributed by atoms with Gasteiger partial charge in [0.15, 0.2) is 6.61 Å². The fourth-order valence-electron chi connectivity index (χ4n) is 2.64. The van der Waals surface area contributed by atoms with Crippen molar-refractivity contribution in [1.29, 1.82) is 0 Å². The Kier molecular flexibility index (Phi) is 8.12. The lowest BCUT2D eigenvalue weighted by Crippen LogP contribution is -2.52. The lowest BCUT2D eigenvalue weighted by molar-refractivity contribution is -0.135. The first-order valence-corrected chi connectivity index (χ1v) is 9.22. The normalized spacial score (nSPS) is 15.0. The van der Waals surface area contributed by atoms with Crippen LogP contribution in [0.2, 0.25) is 5.02 Å². The molecule has 1 fully saturated rings. The summed E-state index contributed by atoms with van der Waals surface area (Å²) in [5.41, 5.74) is 0. The van der Waals surface area contributed by atoms with E-state index in [0.29, 0.717) is 39.3 Å². The Bertz CT molecular complexity index is 622. The summed E-state index contributed by atoms with van der Waals surface area (Å²) in [5, 5.41) is 3.03. The molecule has 1 aliphatic heterocycles. The summed E-state index contributed by atoms with van der Waals surface area (Å²) in [5.74, 6) is -0.308. The van der Waals surface area contributed by atoms with E-state index in [9.17, 15) is 14.0 Å². The highest BCUT2D eigenvalue weighted by Gasteiger charge is 2.22. The Labute approximate surface area is 158 Å². The molecule has 8 heteroatoms. The standard InChI is InChI=1S/C18H25ClFN3O3/c1-2-3-6-21-17(24)12-22-7-9-23(10-8-22)18(25)13-26-16-5-4-14(20)11-15(16)19/h4-5,11H,2-3,6-10,12-13H2,1H3,(H,21,24). The van der Waals surface area contributed by atoms with Crippen molar-refractivity contribution in [2.45, 2.75) is 19.8 Å². The number of hydrogen-bond donors (Lipinski definition) is 1. The predicted molar refractivity (Wildman–Crippen MR) is 97.8 cm³/mol. The van der Waals surface area contributed by atoms with Crippen LogP contribution in [0.4, 0.5) is 4.39 Å². The molecule has 2 amide bonds. The Morgan fingerprint density at radius 1 is 1.27 bits per heavy atom. The highest BCUT2D eigenvalue weighted by atomic mass is 35.5. The minimum atomic E-state index is -0.455. The van der Waals surface area contributed by atoms with Gasteiger partial charge in [-0.15, -0.1) is 0 Å². The molecule has 144 valence electrons. The summed E-state index contributed by atoms with van der Waals surface area (Å²) in [6, 6.07) is 3.78. The Morgan fingerprint density at radius 2 is 2.00 bits per heavy atom. The average Bonchev–Trinajstić information content (AvgIpc) is 2.61. The summed E-state index contributed by atoms with van der Waals surface area (Å²) in [4.78, 5) is 27.8. The van der Waals surface area contributed by atoms with Gasteiger partial charge >= 0.3 is 0 Å². The van der Waals surface area contributed by atoms with Crippen LogP contribution >= 0.6 is 11.6 Å². The molecule has 0 atom stereocenters. The van der Waals surface area contributed by atoms with Gasteiger partial charge < -0.3 is 15.0 Å². The number of carbonyl (C=O) groups excluding carboxylic acids is 2. The first kappa shape index (κ1) is 20.5. The molecule has 0 unspecified atom stereocenters. The summed E-state index contributed by atoms with van der Waals surface area (Å²) in [7, 11) is 0. The first-order valence-electron chi connectivity index (χ1n) is 8.84. The number of halogens is 2. The van der Waals surface area contributed by atoms with Gasteiger partial charge in [0.05, 0.1) is 11.6 Å². The third kappa shape index (κ3) is 6.46. The quantitative estimate of drug-likeness (QED) is 0.694. The molecule has 6 nitrogen and oxygen atoms in total. The number of rotatable bonds is 8. The molecular weight excluding hydrogens is 361 g/mol. The molecule has 0 spiro atoms. The van der Waals surface area contributed by atoms with Gasteiger partial charge in [-0.2, -0.15) is 0 Å². The molecule has 0 aliphatic carbocycles. The topological polar surface area (TPSA) is 61.9 Å². The van der Waals surface area contributed by atoms with E-state index in [-0.39, 0.29) is 29.2 Å². The molecule has 0 saturated carbocycles. The van der Waals surface area contributed by atoms with Gasteiger partial charge in [-0.25, -0.2) is 4.39 Å². The lowest BCUT2D eigenvalue weighted by Gasteiger charge is -2.34. The van der Waals surface area contributed by atoms with Gasteiger partial charge in [-0.3, -0.25) is 14.5 Å². The van der Waals surface area contributed by atoms with Crippen LogP contribution in [0.3, 0.4) is 0 Å². The third-order valence-electron chi connectivity index (χ3n) is 4.19. The zero-order valence-electron chi connectivity index (χ0n) is 15.0. The molecule has 0 radical (unpaired) electrons. The smallest absolute Gasteiger partial charge is 0.260 e. The monoisotopic (exact) mass is 385 g/mol. The van der Waals surface area contributed by atoms with Gasteiger partial charge in [0.2, 0.25) is 5.91 Å². The fourth-order valence-corrected chi connectivity index (χ4v) is 2.86. The van der Waals surface area contributed by atoms with Crippen molar-refractivity contribution in [3.63, 3.8) is 0 Å². The molecule has 1 aromatic rings. The number of piperazine rings is 1. The van der Waals surface area contributed by atoms with Crippen molar-refractivity contribution in [2.24, 2.45) is 0 Å². The molecule has 1 heterocycles. The van der Waals surface area contributed by atoms with Crippen molar-refractivity contribution < 1.29 is 18.7 Å². The second-order valence-corrected chi connectivity index (χ2v) is 6.63. The third-order valence-corrected chi connectivity index (χ3v) is 4.49. The van der Waals surface area contributed by atoms with E-state index in [2.05, 4.69) is 12.2 Å². The first-order chi connectivity index (χ1) is 12.5. The minimum Gasteiger partial charge on any atom is -0.482 e. The molecule has 2 rings (SSSR count). The zero-order valence-corrected chi connectivity index (χ0v) is 15.7. The number of ether oxygens (including phenoxy) is 1. The Morgan fingerprint density at radius 3 is 2.65 bits per heavy atom. The number of carbonyl (C=O) groups is 2. The lowest BCUT2D eigenvalue weighted by atomic mass is 10.3. The largest absolute Gasteiger partial charge is 0.482 e. The molecular formula is C18H25ClFN3O3. The van der Waals surface area contributed by atoms with Crippen molar-refractivity contribution in [1.82, 2.24) is 15.1 Å². The average molecular weight is 386 g/mol. The van der Waals surface area contributed by atoms with Crippen LogP contribution in [-0.4, -0.2) is 67.5 Å². The highest BCUT2D eigenvalue weighted by molar-refractivity contribution is 6.32. The van der Waals surface area contributed by atoms with Crippen LogP contribution in [0.15, 0.2) is 18.2 Å². The van der Waals surface area contributed by atoms with Crippen molar-refractivity contribution in [3.8, 4) is 5.75 Å². The number of amides is 2. The van der Waals surface area contributed by atoms with Crippen LogP contribution in [0.5, 0.6) is 5.75 Å². The van der Waals surface area contributed by atoms with Gasteiger partial charge in [-0.1, -0.05) is 24.9 Å². The van der Waals surface area contributed by atoms with Gasteiger partial charge in [0.25, 0.3) is 5.91 Å². The maximum absolute atomic E-state index is 13.0. The van der Waals surface area contributed by atoms with E-state index in [1.807, 2.05) is 4.90 Å². The van der Waals surface area contributed by atoms with Crippen LogP contribution in [-0.2, 0) is 9.59 Å². The van der Waals surface area contributed by atoms with Gasteiger partial charge in [0.1, 0.15) is 11.6 Å². The van der Waals surface area contributed by atoms with Crippen molar-refractivity contribution >= 4 is 23.4 Å². The number of nitrogens with zero attached hydrogens (tertiary/aromatic N) is 2. The summed E-state index contributed by atoms with van der Waals surface area (Å²) < 4.78 is 18.4. The van der Waals surface area contributed by atoms with E-state index in [4.69, 9.17) is 16.3 Å². The minimum absolute atomic E-state index is 0.0208. The Hall–Kier alpha value is -1.86. The maximum atomic E-state index is 13.0. The molecule has 1 saturated heterocycles. The zero-order chi connectivity index (χ0) is 18.9. The van der Waals surface area contributed by atoms with Crippen LogP contribution < -0.4 is 10.1 Å². The fraction of sp³-hybridized carbons (Fsp3) is 0.556. The predicted octanol–water partition coefficient (Wildman–Crippen LogP) is 1.92. The van der Waals surface area contributed by atoms with E-state index in [1.165, 1.54) is 12.1 Å². The van der Waals surface area contributed by atoms with Gasteiger partial charge in [-0.05, 0) is 24.6 Å². The molecule has 26 heavy (non-hydrogen) atoms. The van der Waals surface area contributed by atoms with Crippen LogP contribution in [0.25, 0.3) is 0 Å². The maximum Gasteiger partial charge on any atom is 0.260 e. The number of hydrogen-bond acceptors (Lipinski definition) is 4. The van der Waals surface area contributed by atoms with Crippen LogP contribution in [0, 0.1) is 5.82 Å². The van der Waals surface area contributed by atoms with Gasteiger partial charge in [0, 0.05) is 32.7 Å².